The molecule has 1 heterocycles. The lowest BCUT2D eigenvalue weighted by molar-refractivity contribution is 0.133. The number of nitrogens with one attached hydrogen (secondary N) is 1. The summed E-state index contributed by atoms with van der Waals surface area (Å²) in [6, 6.07) is 0.654. The van der Waals surface area contributed by atoms with Gasteiger partial charge in [0, 0.05) is 38.8 Å². The minimum atomic E-state index is 0.371. The monoisotopic (exact) mass is 255 g/mol. The van der Waals surface area contributed by atoms with Crippen molar-refractivity contribution < 1.29 is 0 Å². The molecule has 1 saturated heterocycles. The van der Waals surface area contributed by atoms with Crippen LogP contribution in [0.4, 0.5) is 0 Å². The molecule has 108 valence electrons. The van der Waals surface area contributed by atoms with Gasteiger partial charge in [-0.25, -0.2) is 0 Å². The SMILES string of the molecule is CCCC1CC(NCC(C)(C)C)CN(CCN)C1. The van der Waals surface area contributed by atoms with Gasteiger partial charge >= 0.3 is 0 Å². The summed E-state index contributed by atoms with van der Waals surface area (Å²) in [6.45, 7) is 14.5. The van der Waals surface area contributed by atoms with E-state index in [2.05, 4.69) is 37.9 Å². The molecule has 0 amide bonds. The van der Waals surface area contributed by atoms with E-state index >= 15 is 0 Å². The third-order valence-corrected chi connectivity index (χ3v) is 3.68. The Morgan fingerprint density at radius 3 is 2.56 bits per heavy atom. The van der Waals surface area contributed by atoms with Gasteiger partial charge in [0.25, 0.3) is 0 Å². The zero-order valence-electron chi connectivity index (χ0n) is 12.8. The first-order valence-corrected chi connectivity index (χ1v) is 7.60. The summed E-state index contributed by atoms with van der Waals surface area (Å²) in [5, 5.41) is 3.76. The first-order chi connectivity index (χ1) is 8.44. The summed E-state index contributed by atoms with van der Waals surface area (Å²) in [5.74, 6) is 0.854. The quantitative estimate of drug-likeness (QED) is 0.763. The van der Waals surface area contributed by atoms with Crippen molar-refractivity contribution in [3.8, 4) is 0 Å². The molecule has 0 radical (unpaired) electrons. The van der Waals surface area contributed by atoms with Crippen LogP contribution in [0.1, 0.15) is 47.0 Å². The fourth-order valence-corrected chi connectivity index (χ4v) is 2.88. The summed E-state index contributed by atoms with van der Waals surface area (Å²) in [5.41, 5.74) is 6.08. The predicted molar refractivity (Wildman–Crippen MR) is 79.8 cm³/mol. The summed E-state index contributed by atoms with van der Waals surface area (Å²) < 4.78 is 0. The lowest BCUT2D eigenvalue weighted by Gasteiger charge is -2.39. The molecule has 2 atom stereocenters. The van der Waals surface area contributed by atoms with Crippen LogP contribution in [0.2, 0.25) is 0 Å². The molecule has 1 rings (SSSR count). The second-order valence-corrected chi connectivity index (χ2v) is 7.08. The molecule has 3 heteroatoms. The Balaban J connectivity index is 2.44. The van der Waals surface area contributed by atoms with E-state index in [1.54, 1.807) is 0 Å². The second kappa shape index (κ2) is 7.46. The van der Waals surface area contributed by atoms with Crippen molar-refractivity contribution in [3.63, 3.8) is 0 Å². The second-order valence-electron chi connectivity index (χ2n) is 7.08. The molecule has 0 bridgehead atoms. The highest BCUT2D eigenvalue weighted by Gasteiger charge is 2.26. The Morgan fingerprint density at radius 2 is 2.00 bits per heavy atom. The Bertz CT molecular complexity index is 208. The summed E-state index contributed by atoms with van der Waals surface area (Å²) in [7, 11) is 0. The predicted octanol–water partition coefficient (Wildman–Crippen LogP) is 2.07. The number of piperidine rings is 1. The number of nitrogens with zero attached hydrogens (tertiary/aromatic N) is 1. The van der Waals surface area contributed by atoms with Crippen molar-refractivity contribution in [2.45, 2.75) is 53.0 Å². The van der Waals surface area contributed by atoms with Crippen LogP contribution < -0.4 is 11.1 Å². The third kappa shape index (κ3) is 6.17. The van der Waals surface area contributed by atoms with Gasteiger partial charge in [-0.1, -0.05) is 34.1 Å². The van der Waals surface area contributed by atoms with Crippen LogP contribution in [0.25, 0.3) is 0 Å². The van der Waals surface area contributed by atoms with Crippen LogP contribution in [0.3, 0.4) is 0 Å². The Kier molecular flexibility index (Phi) is 6.61. The van der Waals surface area contributed by atoms with Gasteiger partial charge in [-0.2, -0.15) is 0 Å². The van der Waals surface area contributed by atoms with Gasteiger partial charge < -0.3 is 16.0 Å². The molecule has 1 fully saturated rings. The summed E-state index contributed by atoms with van der Waals surface area (Å²) in [6.07, 6.45) is 3.99. The van der Waals surface area contributed by atoms with Crippen molar-refractivity contribution >= 4 is 0 Å². The van der Waals surface area contributed by atoms with Crippen LogP contribution in [-0.2, 0) is 0 Å². The maximum absolute atomic E-state index is 5.71. The van der Waals surface area contributed by atoms with E-state index in [0.29, 0.717) is 11.5 Å². The average molecular weight is 255 g/mol. The Hall–Kier alpha value is -0.120. The molecular formula is C15H33N3. The first kappa shape index (κ1) is 15.9. The summed E-state index contributed by atoms with van der Waals surface area (Å²) >= 11 is 0. The number of hydrogen-bond donors (Lipinski definition) is 2. The highest BCUT2D eigenvalue weighted by molar-refractivity contribution is 4.84. The molecule has 3 N–H and O–H groups in total. The van der Waals surface area contributed by atoms with Gasteiger partial charge in [0.1, 0.15) is 0 Å². The van der Waals surface area contributed by atoms with Crippen molar-refractivity contribution in [3.05, 3.63) is 0 Å². The highest BCUT2D eigenvalue weighted by atomic mass is 15.2. The fraction of sp³-hybridized carbons (Fsp3) is 1.00. The Morgan fingerprint density at radius 1 is 1.28 bits per heavy atom. The molecule has 0 aromatic rings. The Labute approximate surface area is 113 Å². The standard InChI is InChI=1S/C15H33N3/c1-5-6-13-9-14(17-12-15(2,3)4)11-18(10-13)8-7-16/h13-14,17H,5-12,16H2,1-4H3. The first-order valence-electron chi connectivity index (χ1n) is 7.60. The zero-order valence-corrected chi connectivity index (χ0v) is 12.8. The topological polar surface area (TPSA) is 41.3 Å². The maximum atomic E-state index is 5.71. The van der Waals surface area contributed by atoms with E-state index in [4.69, 9.17) is 5.73 Å². The van der Waals surface area contributed by atoms with Gasteiger partial charge in [-0.3, -0.25) is 0 Å². The maximum Gasteiger partial charge on any atom is 0.0198 e. The molecule has 2 unspecified atom stereocenters. The van der Waals surface area contributed by atoms with Crippen molar-refractivity contribution in [1.29, 1.82) is 0 Å². The number of rotatable bonds is 6. The van der Waals surface area contributed by atoms with Crippen molar-refractivity contribution in [1.82, 2.24) is 10.2 Å². The van der Waals surface area contributed by atoms with Crippen LogP contribution in [0, 0.1) is 11.3 Å². The summed E-state index contributed by atoms with van der Waals surface area (Å²) in [4.78, 5) is 2.55. The van der Waals surface area contributed by atoms with E-state index in [0.717, 1.165) is 25.6 Å². The third-order valence-electron chi connectivity index (χ3n) is 3.68. The molecule has 3 nitrogen and oxygen atoms in total. The molecular weight excluding hydrogens is 222 g/mol. The highest BCUT2D eigenvalue weighted by Crippen LogP contribution is 2.22. The number of hydrogen-bond acceptors (Lipinski definition) is 3. The fourth-order valence-electron chi connectivity index (χ4n) is 2.88. The van der Waals surface area contributed by atoms with E-state index in [-0.39, 0.29) is 0 Å². The van der Waals surface area contributed by atoms with Gasteiger partial charge in [-0.15, -0.1) is 0 Å². The van der Waals surface area contributed by atoms with Gasteiger partial charge in [0.2, 0.25) is 0 Å². The van der Waals surface area contributed by atoms with Crippen molar-refractivity contribution in [2.24, 2.45) is 17.1 Å². The minimum Gasteiger partial charge on any atom is -0.329 e. The molecule has 1 aliphatic rings. The largest absolute Gasteiger partial charge is 0.329 e. The van der Waals surface area contributed by atoms with E-state index in [9.17, 15) is 0 Å². The van der Waals surface area contributed by atoms with E-state index in [1.807, 2.05) is 0 Å². The lowest BCUT2D eigenvalue weighted by atomic mass is 9.89. The number of likely N-dealkylation sites (tertiary alicyclic amines) is 1. The minimum absolute atomic E-state index is 0.371. The smallest absolute Gasteiger partial charge is 0.0198 e. The molecule has 0 saturated carbocycles. The van der Waals surface area contributed by atoms with Gasteiger partial charge in [0.05, 0.1) is 0 Å². The van der Waals surface area contributed by atoms with Gasteiger partial charge in [-0.05, 0) is 24.2 Å². The molecule has 18 heavy (non-hydrogen) atoms. The normalized spacial score (nSPS) is 26.5. The van der Waals surface area contributed by atoms with Crippen LogP contribution in [0.5, 0.6) is 0 Å². The molecule has 0 aromatic heterocycles. The average Bonchev–Trinajstić information content (AvgIpc) is 2.26. The van der Waals surface area contributed by atoms with E-state index < -0.39 is 0 Å². The van der Waals surface area contributed by atoms with E-state index in [1.165, 1.54) is 32.4 Å². The molecule has 0 aliphatic carbocycles. The number of nitrogens with two attached hydrogens (primary N) is 1. The zero-order chi connectivity index (χ0) is 13.6. The molecule has 1 aliphatic heterocycles. The molecule has 0 spiro atoms. The van der Waals surface area contributed by atoms with Crippen LogP contribution >= 0.6 is 0 Å². The van der Waals surface area contributed by atoms with Crippen LogP contribution in [0.15, 0.2) is 0 Å². The lowest BCUT2D eigenvalue weighted by Crippen LogP contribution is -2.51. The van der Waals surface area contributed by atoms with Gasteiger partial charge in [0.15, 0.2) is 0 Å². The van der Waals surface area contributed by atoms with Crippen LogP contribution in [-0.4, -0.2) is 43.7 Å². The van der Waals surface area contributed by atoms with Crippen molar-refractivity contribution in [2.75, 3.05) is 32.7 Å². The molecule has 0 aromatic carbocycles.